The van der Waals surface area contributed by atoms with Gasteiger partial charge >= 0.3 is 0 Å². The van der Waals surface area contributed by atoms with Gasteiger partial charge in [-0.3, -0.25) is 0 Å². The minimum atomic E-state index is -1.60. The summed E-state index contributed by atoms with van der Waals surface area (Å²) >= 11 is 5.90. The van der Waals surface area contributed by atoms with E-state index in [1.165, 1.54) is 5.56 Å². The lowest BCUT2D eigenvalue weighted by molar-refractivity contribution is 0.279. The molecule has 0 amide bonds. The average molecular weight is 343 g/mol. The summed E-state index contributed by atoms with van der Waals surface area (Å²) in [5.74, 6) is 1.38. The van der Waals surface area contributed by atoms with Gasteiger partial charge in [0.15, 0.2) is 8.32 Å². The molecule has 0 bridgehead atoms. The molecular formula is C18H31ClO2Si. The summed E-state index contributed by atoms with van der Waals surface area (Å²) in [5.41, 5.74) is 2.35. The predicted molar refractivity (Wildman–Crippen MR) is 98.6 cm³/mol. The highest BCUT2D eigenvalue weighted by Crippen LogP contribution is 2.36. The minimum Gasteiger partial charge on any atom is -0.496 e. The van der Waals surface area contributed by atoms with Crippen LogP contribution in [0.1, 0.15) is 44.7 Å². The standard InChI is InChI=1S/C18H31ClO2Si/c1-18(2,3)22(5,6)21-12-8-7-9-15-10-11-16(14-19)17(13-15)20-4/h10-11,13H,7-9,12,14H2,1-6H3. The van der Waals surface area contributed by atoms with Crippen molar-refractivity contribution < 1.29 is 9.16 Å². The van der Waals surface area contributed by atoms with E-state index in [4.69, 9.17) is 20.8 Å². The summed E-state index contributed by atoms with van der Waals surface area (Å²) in [6.07, 6.45) is 3.30. The number of rotatable bonds is 8. The van der Waals surface area contributed by atoms with Crippen molar-refractivity contribution in [1.82, 2.24) is 0 Å². The van der Waals surface area contributed by atoms with Crippen molar-refractivity contribution in [1.29, 1.82) is 0 Å². The van der Waals surface area contributed by atoms with Crippen LogP contribution in [0.15, 0.2) is 18.2 Å². The lowest BCUT2D eigenvalue weighted by Gasteiger charge is -2.36. The quantitative estimate of drug-likeness (QED) is 0.339. The first-order chi connectivity index (χ1) is 10.2. The van der Waals surface area contributed by atoms with Crippen LogP contribution < -0.4 is 4.74 Å². The Hall–Kier alpha value is -0.513. The Labute approximate surface area is 142 Å². The minimum absolute atomic E-state index is 0.289. The Morgan fingerprint density at radius 3 is 2.36 bits per heavy atom. The van der Waals surface area contributed by atoms with Crippen LogP contribution >= 0.6 is 11.6 Å². The van der Waals surface area contributed by atoms with E-state index < -0.39 is 8.32 Å². The third kappa shape index (κ3) is 5.60. The van der Waals surface area contributed by atoms with E-state index >= 15 is 0 Å². The third-order valence-electron chi connectivity index (χ3n) is 4.62. The number of alkyl halides is 1. The van der Waals surface area contributed by atoms with Gasteiger partial charge in [-0.15, -0.1) is 11.6 Å². The van der Waals surface area contributed by atoms with Crippen LogP contribution in [-0.4, -0.2) is 22.0 Å². The Morgan fingerprint density at radius 1 is 1.14 bits per heavy atom. The van der Waals surface area contributed by atoms with Crippen LogP contribution in [-0.2, 0) is 16.7 Å². The Kier molecular flexibility index (Phi) is 7.43. The smallest absolute Gasteiger partial charge is 0.191 e. The first kappa shape index (κ1) is 19.5. The van der Waals surface area contributed by atoms with E-state index in [-0.39, 0.29) is 5.04 Å². The van der Waals surface area contributed by atoms with Crippen LogP contribution in [0.2, 0.25) is 18.1 Å². The molecule has 0 fully saturated rings. The second-order valence-corrected chi connectivity index (χ2v) is 12.4. The summed E-state index contributed by atoms with van der Waals surface area (Å²) in [4.78, 5) is 0. The van der Waals surface area contributed by atoms with Gasteiger partial charge in [-0.1, -0.05) is 32.9 Å². The average Bonchev–Trinajstić information content (AvgIpc) is 2.45. The molecular weight excluding hydrogens is 312 g/mol. The molecule has 0 atom stereocenters. The fraction of sp³-hybridized carbons (Fsp3) is 0.667. The lowest BCUT2D eigenvalue weighted by atomic mass is 10.1. The molecule has 1 rings (SSSR count). The SMILES string of the molecule is COc1cc(CCCCO[Si](C)(C)C(C)(C)C)ccc1CCl. The number of methoxy groups -OCH3 is 1. The van der Waals surface area contributed by atoms with Crippen molar-refractivity contribution in [2.75, 3.05) is 13.7 Å². The molecule has 0 aliphatic carbocycles. The zero-order valence-corrected chi connectivity index (χ0v) is 16.7. The maximum absolute atomic E-state index is 6.21. The van der Waals surface area contributed by atoms with E-state index in [0.29, 0.717) is 5.88 Å². The highest BCUT2D eigenvalue weighted by atomic mass is 35.5. The topological polar surface area (TPSA) is 18.5 Å². The fourth-order valence-corrected chi connectivity index (χ4v) is 3.34. The van der Waals surface area contributed by atoms with Crippen LogP contribution in [0, 0.1) is 0 Å². The maximum Gasteiger partial charge on any atom is 0.191 e. The van der Waals surface area contributed by atoms with Crippen LogP contribution in [0.5, 0.6) is 5.75 Å². The summed E-state index contributed by atoms with van der Waals surface area (Å²) in [6.45, 7) is 12.3. The van der Waals surface area contributed by atoms with Crippen molar-refractivity contribution >= 4 is 19.9 Å². The van der Waals surface area contributed by atoms with E-state index in [9.17, 15) is 0 Å². The zero-order valence-electron chi connectivity index (χ0n) is 15.0. The molecule has 2 nitrogen and oxygen atoms in total. The van der Waals surface area contributed by atoms with Crippen molar-refractivity contribution in [3.8, 4) is 5.75 Å². The Morgan fingerprint density at radius 2 is 1.82 bits per heavy atom. The Bertz CT molecular complexity index is 467. The number of halogens is 1. The van der Waals surface area contributed by atoms with Crippen LogP contribution in [0.3, 0.4) is 0 Å². The number of hydrogen-bond acceptors (Lipinski definition) is 2. The number of unbranched alkanes of at least 4 members (excludes halogenated alkanes) is 1. The normalized spacial score (nSPS) is 12.5. The molecule has 0 aromatic heterocycles. The molecule has 1 aromatic rings. The summed E-state index contributed by atoms with van der Waals surface area (Å²) in [6, 6.07) is 6.31. The monoisotopic (exact) mass is 342 g/mol. The Balaban J connectivity index is 2.39. The summed E-state index contributed by atoms with van der Waals surface area (Å²) < 4.78 is 11.6. The van der Waals surface area contributed by atoms with E-state index in [1.54, 1.807) is 7.11 Å². The molecule has 0 N–H and O–H groups in total. The predicted octanol–water partition coefficient (Wildman–Crippen LogP) is 5.78. The lowest BCUT2D eigenvalue weighted by Crippen LogP contribution is -2.40. The molecule has 22 heavy (non-hydrogen) atoms. The summed E-state index contributed by atoms with van der Waals surface area (Å²) in [7, 11) is 0.101. The fourth-order valence-electron chi connectivity index (χ4n) is 2.03. The molecule has 0 aliphatic heterocycles. The van der Waals surface area contributed by atoms with Gasteiger partial charge in [0.25, 0.3) is 0 Å². The third-order valence-corrected chi connectivity index (χ3v) is 9.45. The van der Waals surface area contributed by atoms with Gasteiger partial charge in [-0.05, 0) is 49.0 Å². The first-order valence-corrected chi connectivity index (χ1v) is 11.5. The molecule has 126 valence electrons. The highest BCUT2D eigenvalue weighted by Gasteiger charge is 2.36. The molecule has 0 spiro atoms. The molecule has 0 heterocycles. The second-order valence-electron chi connectivity index (χ2n) is 7.35. The van der Waals surface area contributed by atoms with Gasteiger partial charge in [-0.25, -0.2) is 0 Å². The molecule has 0 aliphatic rings. The number of benzene rings is 1. The van der Waals surface area contributed by atoms with Crippen molar-refractivity contribution in [3.63, 3.8) is 0 Å². The van der Waals surface area contributed by atoms with Gasteiger partial charge in [-0.2, -0.15) is 0 Å². The van der Waals surface area contributed by atoms with E-state index in [1.807, 2.05) is 0 Å². The first-order valence-electron chi connectivity index (χ1n) is 8.07. The van der Waals surface area contributed by atoms with Gasteiger partial charge < -0.3 is 9.16 Å². The maximum atomic E-state index is 6.21. The molecule has 0 saturated heterocycles. The highest BCUT2D eigenvalue weighted by molar-refractivity contribution is 6.74. The van der Waals surface area contributed by atoms with E-state index in [2.05, 4.69) is 52.1 Å². The van der Waals surface area contributed by atoms with Crippen molar-refractivity contribution in [3.05, 3.63) is 29.3 Å². The van der Waals surface area contributed by atoms with Crippen molar-refractivity contribution in [2.24, 2.45) is 0 Å². The molecule has 1 aromatic carbocycles. The zero-order chi connectivity index (χ0) is 16.8. The van der Waals surface area contributed by atoms with Gasteiger partial charge in [0, 0.05) is 12.2 Å². The number of hydrogen-bond donors (Lipinski definition) is 0. The molecule has 0 unspecified atom stereocenters. The van der Waals surface area contributed by atoms with Crippen LogP contribution in [0.25, 0.3) is 0 Å². The molecule has 0 saturated carbocycles. The van der Waals surface area contributed by atoms with Gasteiger partial charge in [0.1, 0.15) is 5.75 Å². The molecule has 0 radical (unpaired) electrons. The largest absolute Gasteiger partial charge is 0.496 e. The van der Waals surface area contributed by atoms with E-state index in [0.717, 1.165) is 37.2 Å². The second kappa shape index (κ2) is 8.37. The molecule has 4 heteroatoms. The van der Waals surface area contributed by atoms with Crippen molar-refractivity contribution in [2.45, 2.75) is 64.0 Å². The summed E-state index contributed by atoms with van der Waals surface area (Å²) in [5, 5.41) is 0.289. The van der Waals surface area contributed by atoms with Gasteiger partial charge in [0.05, 0.1) is 13.0 Å². The van der Waals surface area contributed by atoms with Gasteiger partial charge in [0.2, 0.25) is 0 Å². The number of ether oxygens (including phenoxy) is 1. The number of aryl methyl sites for hydroxylation is 1. The van der Waals surface area contributed by atoms with Crippen LogP contribution in [0.4, 0.5) is 0 Å².